The minimum Gasteiger partial charge on any atom is -0.480 e. The third kappa shape index (κ3) is 3.89. The molecule has 0 aromatic heterocycles. The van der Waals surface area contributed by atoms with Gasteiger partial charge in [-0.2, -0.15) is 0 Å². The topological polar surface area (TPSA) is 69.6 Å². The molecule has 1 saturated carbocycles. The SMILES string of the molecule is CCC(C)N(CC(=O)O)C(=O)NCC1(C)CCC1. The van der Waals surface area contributed by atoms with E-state index in [2.05, 4.69) is 12.2 Å². The Kier molecular flexibility index (Phi) is 4.99. The van der Waals surface area contributed by atoms with Crippen molar-refractivity contribution in [3.05, 3.63) is 0 Å². The number of urea groups is 1. The van der Waals surface area contributed by atoms with Crippen LogP contribution in [-0.4, -0.2) is 41.1 Å². The van der Waals surface area contributed by atoms with Crippen molar-refractivity contribution >= 4 is 12.0 Å². The fraction of sp³-hybridized carbons (Fsp3) is 0.846. The van der Waals surface area contributed by atoms with Gasteiger partial charge in [-0.3, -0.25) is 4.79 Å². The van der Waals surface area contributed by atoms with Gasteiger partial charge in [0.15, 0.2) is 0 Å². The van der Waals surface area contributed by atoms with Crippen LogP contribution >= 0.6 is 0 Å². The molecule has 1 unspecified atom stereocenters. The smallest absolute Gasteiger partial charge is 0.323 e. The van der Waals surface area contributed by atoms with Crippen LogP contribution < -0.4 is 5.32 Å². The van der Waals surface area contributed by atoms with Crippen molar-refractivity contribution in [3.8, 4) is 0 Å². The van der Waals surface area contributed by atoms with Crippen molar-refractivity contribution in [2.75, 3.05) is 13.1 Å². The number of hydrogen-bond donors (Lipinski definition) is 2. The standard InChI is InChI=1S/C13H24N2O3/c1-4-10(2)15(8-11(16)17)12(18)14-9-13(3)6-5-7-13/h10H,4-9H2,1-3H3,(H,14,18)(H,16,17). The van der Waals surface area contributed by atoms with E-state index in [1.807, 2.05) is 13.8 Å². The summed E-state index contributed by atoms with van der Waals surface area (Å²) < 4.78 is 0. The first-order valence-corrected chi connectivity index (χ1v) is 6.64. The number of amides is 2. The Labute approximate surface area is 109 Å². The number of nitrogens with one attached hydrogen (secondary N) is 1. The average molecular weight is 256 g/mol. The molecule has 18 heavy (non-hydrogen) atoms. The number of nitrogens with zero attached hydrogens (tertiary/aromatic N) is 1. The van der Waals surface area contributed by atoms with Crippen LogP contribution in [0.4, 0.5) is 4.79 Å². The van der Waals surface area contributed by atoms with Gasteiger partial charge in [-0.15, -0.1) is 0 Å². The Balaban J connectivity index is 2.50. The van der Waals surface area contributed by atoms with E-state index in [0.29, 0.717) is 6.54 Å². The summed E-state index contributed by atoms with van der Waals surface area (Å²) in [5.74, 6) is -0.972. The first-order chi connectivity index (χ1) is 8.38. The molecular weight excluding hydrogens is 232 g/mol. The molecule has 0 bridgehead atoms. The summed E-state index contributed by atoms with van der Waals surface area (Å²) in [5, 5.41) is 11.7. The monoisotopic (exact) mass is 256 g/mol. The lowest BCUT2D eigenvalue weighted by molar-refractivity contribution is -0.138. The first kappa shape index (κ1) is 14.8. The lowest BCUT2D eigenvalue weighted by Crippen LogP contribution is -2.50. The highest BCUT2D eigenvalue weighted by Crippen LogP contribution is 2.39. The van der Waals surface area contributed by atoms with Crippen molar-refractivity contribution in [1.29, 1.82) is 0 Å². The van der Waals surface area contributed by atoms with Gasteiger partial charge >= 0.3 is 12.0 Å². The average Bonchev–Trinajstić information content (AvgIpc) is 2.29. The molecule has 2 N–H and O–H groups in total. The summed E-state index contributed by atoms with van der Waals surface area (Å²) in [7, 11) is 0. The maximum atomic E-state index is 12.0. The molecule has 2 amide bonds. The van der Waals surface area contributed by atoms with Crippen molar-refractivity contribution < 1.29 is 14.7 Å². The fourth-order valence-corrected chi connectivity index (χ4v) is 2.14. The summed E-state index contributed by atoms with van der Waals surface area (Å²) in [4.78, 5) is 24.2. The van der Waals surface area contributed by atoms with E-state index in [-0.39, 0.29) is 24.0 Å². The van der Waals surface area contributed by atoms with Gasteiger partial charge in [0.25, 0.3) is 0 Å². The molecule has 0 radical (unpaired) electrons. The van der Waals surface area contributed by atoms with Crippen LogP contribution in [0.25, 0.3) is 0 Å². The lowest BCUT2D eigenvalue weighted by Gasteiger charge is -2.39. The first-order valence-electron chi connectivity index (χ1n) is 6.64. The Hall–Kier alpha value is -1.26. The molecule has 0 heterocycles. The van der Waals surface area contributed by atoms with E-state index < -0.39 is 5.97 Å². The number of carboxylic acids is 1. The minimum absolute atomic E-state index is 0.0599. The van der Waals surface area contributed by atoms with Gasteiger partial charge < -0.3 is 15.3 Å². The highest BCUT2D eigenvalue weighted by molar-refractivity contribution is 5.80. The third-order valence-corrected chi connectivity index (χ3v) is 3.92. The van der Waals surface area contributed by atoms with Gasteiger partial charge in [-0.1, -0.05) is 20.3 Å². The minimum atomic E-state index is -0.972. The summed E-state index contributed by atoms with van der Waals surface area (Å²) in [6, 6.07) is -0.324. The van der Waals surface area contributed by atoms with Crippen LogP contribution in [0.15, 0.2) is 0 Å². The number of hydrogen-bond acceptors (Lipinski definition) is 2. The van der Waals surface area contributed by atoms with E-state index in [1.54, 1.807) is 0 Å². The highest BCUT2D eigenvalue weighted by atomic mass is 16.4. The molecule has 1 fully saturated rings. The number of carboxylic acid groups (broad SMARTS) is 1. The maximum absolute atomic E-state index is 12.0. The van der Waals surface area contributed by atoms with E-state index in [0.717, 1.165) is 19.3 Å². The molecule has 1 rings (SSSR count). The van der Waals surface area contributed by atoms with Crippen LogP contribution in [0.1, 0.15) is 46.5 Å². The Morgan fingerprint density at radius 1 is 1.44 bits per heavy atom. The van der Waals surface area contributed by atoms with Crippen molar-refractivity contribution in [1.82, 2.24) is 10.2 Å². The van der Waals surface area contributed by atoms with Gasteiger partial charge in [0, 0.05) is 12.6 Å². The quantitative estimate of drug-likeness (QED) is 0.764. The summed E-state index contributed by atoms with van der Waals surface area (Å²) in [6.07, 6.45) is 4.24. The number of carbonyl (C=O) groups is 2. The molecule has 104 valence electrons. The second-order valence-electron chi connectivity index (χ2n) is 5.60. The summed E-state index contributed by atoms with van der Waals surface area (Å²) in [5.41, 5.74) is 0.208. The Morgan fingerprint density at radius 2 is 2.06 bits per heavy atom. The third-order valence-electron chi connectivity index (χ3n) is 3.92. The second-order valence-corrected chi connectivity index (χ2v) is 5.60. The molecule has 1 aliphatic carbocycles. The molecule has 0 spiro atoms. The van der Waals surface area contributed by atoms with E-state index in [4.69, 9.17) is 5.11 Å². The zero-order chi connectivity index (χ0) is 13.8. The summed E-state index contributed by atoms with van der Waals surface area (Å²) >= 11 is 0. The molecule has 1 aliphatic rings. The van der Waals surface area contributed by atoms with Gasteiger partial charge in [0.1, 0.15) is 6.54 Å². The molecule has 1 atom stereocenters. The lowest BCUT2D eigenvalue weighted by atomic mass is 9.70. The molecule has 0 aromatic carbocycles. The second kappa shape index (κ2) is 6.07. The zero-order valence-electron chi connectivity index (χ0n) is 11.5. The molecule has 0 aliphatic heterocycles. The van der Waals surface area contributed by atoms with Crippen LogP contribution in [0.2, 0.25) is 0 Å². The van der Waals surface area contributed by atoms with Crippen molar-refractivity contribution in [2.24, 2.45) is 5.41 Å². The zero-order valence-corrected chi connectivity index (χ0v) is 11.5. The Bertz CT molecular complexity index is 313. The summed E-state index contributed by atoms with van der Waals surface area (Å²) in [6.45, 7) is 6.37. The number of rotatable bonds is 6. The van der Waals surface area contributed by atoms with Crippen molar-refractivity contribution in [3.63, 3.8) is 0 Å². The normalized spacial score (nSPS) is 18.6. The molecule has 5 nitrogen and oxygen atoms in total. The van der Waals surface area contributed by atoms with Gasteiger partial charge in [0.05, 0.1) is 0 Å². The molecular formula is C13H24N2O3. The van der Waals surface area contributed by atoms with Gasteiger partial charge in [0.2, 0.25) is 0 Å². The predicted octanol–water partition coefficient (Wildman–Crippen LogP) is 2.07. The van der Waals surface area contributed by atoms with E-state index in [1.165, 1.54) is 11.3 Å². The van der Waals surface area contributed by atoms with Crippen LogP contribution in [-0.2, 0) is 4.79 Å². The highest BCUT2D eigenvalue weighted by Gasteiger charge is 2.32. The van der Waals surface area contributed by atoms with Gasteiger partial charge in [-0.25, -0.2) is 4.79 Å². The van der Waals surface area contributed by atoms with E-state index in [9.17, 15) is 9.59 Å². The molecule has 0 aromatic rings. The number of aliphatic carboxylic acids is 1. The maximum Gasteiger partial charge on any atom is 0.323 e. The fourth-order valence-electron chi connectivity index (χ4n) is 2.14. The van der Waals surface area contributed by atoms with Crippen molar-refractivity contribution in [2.45, 2.75) is 52.5 Å². The van der Waals surface area contributed by atoms with E-state index >= 15 is 0 Å². The van der Waals surface area contributed by atoms with Crippen LogP contribution in [0.3, 0.4) is 0 Å². The predicted molar refractivity (Wildman–Crippen MR) is 69.5 cm³/mol. The molecule has 0 saturated heterocycles. The number of carbonyl (C=O) groups excluding carboxylic acids is 1. The van der Waals surface area contributed by atoms with Crippen LogP contribution in [0, 0.1) is 5.41 Å². The Morgan fingerprint density at radius 3 is 2.44 bits per heavy atom. The molecule has 5 heteroatoms. The van der Waals surface area contributed by atoms with Gasteiger partial charge in [-0.05, 0) is 31.6 Å². The van der Waals surface area contributed by atoms with Crippen LogP contribution in [0.5, 0.6) is 0 Å². The largest absolute Gasteiger partial charge is 0.480 e.